The highest BCUT2D eigenvalue weighted by atomic mass is 31.2. The van der Waals surface area contributed by atoms with Crippen molar-refractivity contribution in [3.8, 4) is 0 Å². The van der Waals surface area contributed by atoms with Gasteiger partial charge in [-0.05, 0) is 76.7 Å². The summed E-state index contributed by atoms with van der Waals surface area (Å²) in [7, 11) is -4.70. The molecule has 0 bridgehead atoms. The van der Waals surface area contributed by atoms with E-state index < -0.39 is 58.4 Å². The molecule has 0 saturated heterocycles. The summed E-state index contributed by atoms with van der Waals surface area (Å²) < 4.78 is 32.4. The van der Waals surface area contributed by atoms with Gasteiger partial charge in [0, 0.05) is 19.3 Å². The summed E-state index contributed by atoms with van der Waals surface area (Å²) in [4.78, 5) is 47.2. The van der Waals surface area contributed by atoms with Crippen molar-refractivity contribution < 1.29 is 52.6 Å². The van der Waals surface area contributed by atoms with E-state index in [1.807, 2.05) is 18.2 Å². The molecule has 0 aliphatic heterocycles. The van der Waals surface area contributed by atoms with E-state index in [-0.39, 0.29) is 31.5 Å². The summed E-state index contributed by atoms with van der Waals surface area (Å²) in [5, 5.41) is 18.3. The smallest absolute Gasteiger partial charge is 0.462 e. The van der Waals surface area contributed by atoms with E-state index in [4.69, 9.17) is 19.1 Å². The van der Waals surface area contributed by atoms with Crippen molar-refractivity contribution in [3.63, 3.8) is 0 Å². The molecule has 11 nitrogen and oxygen atoms in total. The van der Waals surface area contributed by atoms with Gasteiger partial charge in [-0.15, -0.1) is 0 Å². The number of hydrogen-bond acceptors (Lipinski definition) is 10. The topological polar surface area (TPSA) is 166 Å². The fourth-order valence-corrected chi connectivity index (χ4v) is 5.93. The van der Waals surface area contributed by atoms with Crippen LogP contribution in [-0.4, -0.2) is 71.5 Å². The van der Waals surface area contributed by atoms with Crippen LogP contribution < -0.4 is 0 Å². The molecule has 0 radical (unpaired) electrons. The minimum atomic E-state index is -4.70. The van der Waals surface area contributed by atoms with E-state index in [9.17, 15) is 28.9 Å². The first kappa shape index (κ1) is 54.8. The normalized spacial score (nSPS) is 14.6. The van der Waals surface area contributed by atoms with Gasteiger partial charge in [0.25, 0.3) is 0 Å². The van der Waals surface area contributed by atoms with E-state index in [0.29, 0.717) is 12.8 Å². The number of phosphoric acid groups is 1. The first-order valence-corrected chi connectivity index (χ1v) is 23.0. The van der Waals surface area contributed by atoms with Gasteiger partial charge in [-0.1, -0.05) is 138 Å². The molecule has 0 aliphatic carbocycles. The van der Waals surface area contributed by atoms with Crippen LogP contribution in [-0.2, 0) is 37.5 Å². The van der Waals surface area contributed by atoms with Crippen molar-refractivity contribution in [2.24, 2.45) is 0 Å². The summed E-state index contributed by atoms with van der Waals surface area (Å²) >= 11 is 0. The standard InChI is InChI=1S/C46H75O11P/c1-3-5-7-9-11-13-15-17-18-19-20-22-24-26-28-30-32-36-45(50)54-40-44(41-56-58(52,53)55-39-43(49)38-47)57-46(51)37-33-35-42(48)34-31-29-27-25-23-21-16-14-12-10-8-6-4-2/h12,14,17-18,20-23,26-29,31,34,43-44,47,49H,3-11,13,15-16,19,24-25,30,32-33,35-41H2,1-2H3,(H,52,53)/b14-12-,18-17-,22-20-,23-21-,28-26-,29-27-,34-31+/t43-,44+/m0/s1. The number of rotatable bonds is 39. The van der Waals surface area contributed by atoms with Crippen molar-refractivity contribution in [1.82, 2.24) is 0 Å². The van der Waals surface area contributed by atoms with Crippen molar-refractivity contribution in [3.05, 3.63) is 85.1 Å². The molecule has 0 fully saturated rings. The average Bonchev–Trinajstić information content (AvgIpc) is 3.20. The first-order valence-electron chi connectivity index (χ1n) is 21.5. The number of hydrogen-bond donors (Lipinski definition) is 3. The van der Waals surface area contributed by atoms with Gasteiger partial charge in [-0.2, -0.15) is 0 Å². The molecule has 330 valence electrons. The van der Waals surface area contributed by atoms with Gasteiger partial charge < -0.3 is 24.6 Å². The number of phosphoric ester groups is 1. The Morgan fingerprint density at radius 2 is 1.07 bits per heavy atom. The van der Waals surface area contributed by atoms with Crippen LogP contribution in [0.4, 0.5) is 0 Å². The Labute approximate surface area is 349 Å². The highest BCUT2D eigenvalue weighted by Crippen LogP contribution is 2.43. The first-order chi connectivity index (χ1) is 28.1. The van der Waals surface area contributed by atoms with Crippen molar-refractivity contribution in [1.29, 1.82) is 0 Å². The third kappa shape index (κ3) is 39.6. The Balaban J connectivity index is 4.61. The minimum Gasteiger partial charge on any atom is -0.462 e. The summed E-state index contributed by atoms with van der Waals surface area (Å²) in [6.45, 7) is 1.99. The monoisotopic (exact) mass is 835 g/mol. The SMILES string of the molecule is CCCCC/C=C\C/C=C\C/C=C\C=C\C(=O)CCCC(=O)O[C@H](COC(=O)CCC/C=C\C/C=C\C/C=C\CCCCCCCC)COP(=O)(O)OC[C@@H](O)CO. The van der Waals surface area contributed by atoms with Crippen molar-refractivity contribution >= 4 is 25.5 Å². The average molecular weight is 835 g/mol. The Morgan fingerprint density at radius 1 is 0.569 bits per heavy atom. The molecule has 0 amide bonds. The predicted octanol–water partition coefficient (Wildman–Crippen LogP) is 10.6. The molecule has 0 spiro atoms. The second-order valence-electron chi connectivity index (χ2n) is 14.0. The molecule has 58 heavy (non-hydrogen) atoms. The fourth-order valence-electron chi connectivity index (χ4n) is 5.14. The van der Waals surface area contributed by atoms with Gasteiger partial charge in [-0.3, -0.25) is 23.4 Å². The predicted molar refractivity (Wildman–Crippen MR) is 233 cm³/mol. The largest absolute Gasteiger partial charge is 0.472 e. The molecule has 1 unspecified atom stereocenters. The molecule has 0 heterocycles. The Hall–Kier alpha value is -3.18. The molecule has 0 saturated carbocycles. The zero-order valence-electron chi connectivity index (χ0n) is 35.5. The second kappa shape index (κ2) is 40.6. The van der Waals surface area contributed by atoms with E-state index in [1.165, 1.54) is 63.9 Å². The maximum Gasteiger partial charge on any atom is 0.472 e. The fraction of sp³-hybridized carbons (Fsp3) is 0.630. The molecule has 0 aliphatic rings. The van der Waals surface area contributed by atoms with Crippen LogP contribution in [0.25, 0.3) is 0 Å². The number of carbonyl (C=O) groups excluding carboxylic acids is 3. The van der Waals surface area contributed by atoms with Crippen LogP contribution in [0.3, 0.4) is 0 Å². The number of aliphatic hydroxyl groups excluding tert-OH is 2. The lowest BCUT2D eigenvalue weighted by molar-refractivity contribution is -0.161. The van der Waals surface area contributed by atoms with Gasteiger partial charge in [0.2, 0.25) is 0 Å². The van der Waals surface area contributed by atoms with Crippen molar-refractivity contribution in [2.75, 3.05) is 26.4 Å². The lowest BCUT2D eigenvalue weighted by Gasteiger charge is -2.20. The molecule has 3 N–H and O–H groups in total. The van der Waals surface area contributed by atoms with Gasteiger partial charge in [0.05, 0.1) is 19.8 Å². The lowest BCUT2D eigenvalue weighted by atomic mass is 10.1. The van der Waals surface area contributed by atoms with Gasteiger partial charge >= 0.3 is 19.8 Å². The van der Waals surface area contributed by atoms with E-state index in [0.717, 1.165) is 38.5 Å². The Kier molecular flexibility index (Phi) is 38.4. The van der Waals surface area contributed by atoms with Crippen LogP contribution in [0.15, 0.2) is 85.1 Å². The quantitative estimate of drug-likeness (QED) is 0.0135. The van der Waals surface area contributed by atoms with Crippen LogP contribution in [0.1, 0.15) is 149 Å². The maximum atomic E-state index is 12.6. The lowest BCUT2D eigenvalue weighted by Crippen LogP contribution is -2.30. The molecule has 0 rings (SSSR count). The highest BCUT2D eigenvalue weighted by Gasteiger charge is 2.27. The summed E-state index contributed by atoms with van der Waals surface area (Å²) in [5.74, 6) is -1.41. The number of esters is 2. The minimum absolute atomic E-state index is 0.106. The third-order valence-electron chi connectivity index (χ3n) is 8.50. The third-order valence-corrected chi connectivity index (χ3v) is 9.45. The summed E-state index contributed by atoms with van der Waals surface area (Å²) in [5.41, 5.74) is 0. The van der Waals surface area contributed by atoms with E-state index in [1.54, 1.807) is 12.2 Å². The molecular weight excluding hydrogens is 759 g/mol. The van der Waals surface area contributed by atoms with E-state index in [2.05, 4.69) is 67.0 Å². The number of carbonyl (C=O) groups is 3. The zero-order chi connectivity index (χ0) is 42.8. The highest BCUT2D eigenvalue weighted by molar-refractivity contribution is 7.47. The number of aliphatic hydroxyl groups is 2. The van der Waals surface area contributed by atoms with Crippen LogP contribution >= 0.6 is 7.82 Å². The molecule has 0 aromatic carbocycles. The molecule has 0 aromatic heterocycles. The van der Waals surface area contributed by atoms with Gasteiger partial charge in [0.15, 0.2) is 11.9 Å². The molecule has 3 atom stereocenters. The number of unbranched alkanes of at least 4 members (excludes halogenated alkanes) is 10. The van der Waals surface area contributed by atoms with E-state index >= 15 is 0 Å². The Bertz CT molecular complexity index is 1300. The summed E-state index contributed by atoms with van der Waals surface area (Å²) in [6.07, 6.45) is 44.2. The van der Waals surface area contributed by atoms with Crippen LogP contribution in [0.2, 0.25) is 0 Å². The second-order valence-corrected chi connectivity index (χ2v) is 15.5. The molecule has 12 heteroatoms. The maximum absolute atomic E-state index is 12.6. The Morgan fingerprint density at radius 3 is 1.69 bits per heavy atom. The molecular formula is C46H75O11P. The number of ketones is 1. The van der Waals surface area contributed by atoms with Gasteiger partial charge in [0.1, 0.15) is 12.7 Å². The zero-order valence-corrected chi connectivity index (χ0v) is 36.4. The van der Waals surface area contributed by atoms with Gasteiger partial charge in [-0.25, -0.2) is 4.57 Å². The molecule has 0 aromatic rings. The van der Waals surface area contributed by atoms with Crippen LogP contribution in [0, 0.1) is 0 Å². The van der Waals surface area contributed by atoms with Crippen molar-refractivity contribution in [2.45, 2.75) is 161 Å². The summed E-state index contributed by atoms with van der Waals surface area (Å²) in [6, 6.07) is 0. The number of ether oxygens (including phenoxy) is 2. The number of allylic oxidation sites excluding steroid dienone is 14. The van der Waals surface area contributed by atoms with Crippen LogP contribution in [0.5, 0.6) is 0 Å².